The third-order valence-electron chi connectivity index (χ3n) is 10.4. The van der Waals surface area contributed by atoms with Crippen molar-refractivity contribution >= 4 is 17.5 Å². The lowest BCUT2D eigenvalue weighted by molar-refractivity contribution is -0.152. The third-order valence-corrected chi connectivity index (χ3v) is 10.4. The number of hydrogen-bond acceptors (Lipinski definition) is 4. The van der Waals surface area contributed by atoms with E-state index in [1.807, 2.05) is 6.92 Å². The normalized spacial score (nSPS) is 33.0. The fourth-order valence-corrected chi connectivity index (χ4v) is 7.86. The molecule has 0 aromatic carbocycles. The predicted octanol–water partition coefficient (Wildman–Crippen LogP) is 6.98. The summed E-state index contributed by atoms with van der Waals surface area (Å²) in [5, 5.41) is 12.5. The van der Waals surface area contributed by atoms with Crippen LogP contribution in [0.4, 0.5) is 8.78 Å². The standard InChI is InChI=1S/C32H46F2N2O3/c1-9-10-19(2)30(7,16-22(18-35)21(4)37)24-15-26(38)27-23(20(24)3)11-12-32(36-28(39)31(8,33)34)14-13-29(5,6)17-25(27)32/h15-16,19-20,23,25,27H,9-14,17H2,1-8H3,(H,36,39)/b22-16-. The second-order valence-corrected chi connectivity index (χ2v) is 13.7. The monoisotopic (exact) mass is 544 g/mol. The molecule has 3 aliphatic rings. The number of Topliss-reactive ketones (excluding diaryl/α,β-unsaturated/α-hetero) is 1. The average Bonchev–Trinajstić information content (AvgIpc) is 2.83. The van der Waals surface area contributed by atoms with Gasteiger partial charge in [-0.25, -0.2) is 0 Å². The van der Waals surface area contributed by atoms with Crippen molar-refractivity contribution in [1.29, 1.82) is 5.26 Å². The summed E-state index contributed by atoms with van der Waals surface area (Å²) in [5.41, 5.74) is -0.515. The van der Waals surface area contributed by atoms with Gasteiger partial charge in [-0.05, 0) is 80.6 Å². The van der Waals surface area contributed by atoms with E-state index in [0.717, 1.165) is 24.8 Å². The Balaban J connectivity index is 2.12. The number of nitriles is 1. The van der Waals surface area contributed by atoms with Crippen LogP contribution >= 0.6 is 0 Å². The summed E-state index contributed by atoms with van der Waals surface area (Å²) < 4.78 is 28.0. The first-order valence-electron chi connectivity index (χ1n) is 14.5. The molecule has 5 nitrogen and oxygen atoms in total. The molecule has 7 heteroatoms. The molecule has 0 bridgehead atoms. The number of carbonyl (C=O) groups excluding carboxylic acids is 3. The highest BCUT2D eigenvalue weighted by Crippen LogP contribution is 2.59. The van der Waals surface area contributed by atoms with E-state index in [1.54, 1.807) is 12.2 Å². The summed E-state index contributed by atoms with van der Waals surface area (Å²) in [6.45, 7) is 14.7. The first-order valence-corrected chi connectivity index (χ1v) is 14.5. The highest BCUT2D eigenvalue weighted by molar-refractivity contribution is 5.98. The minimum atomic E-state index is -3.49. The highest BCUT2D eigenvalue weighted by atomic mass is 19.3. The zero-order valence-electron chi connectivity index (χ0n) is 24.9. The second-order valence-electron chi connectivity index (χ2n) is 13.7. The number of nitrogens with zero attached hydrogens (tertiary/aromatic N) is 1. The lowest BCUT2D eigenvalue weighted by atomic mass is 9.48. The molecule has 0 saturated heterocycles. The van der Waals surface area contributed by atoms with Crippen molar-refractivity contribution in [3.8, 4) is 6.07 Å². The van der Waals surface area contributed by atoms with E-state index in [1.165, 1.54) is 6.92 Å². The van der Waals surface area contributed by atoms with Gasteiger partial charge in [-0.1, -0.05) is 59.6 Å². The molecule has 1 amide bonds. The Labute approximate surface area is 232 Å². The van der Waals surface area contributed by atoms with Gasteiger partial charge in [-0.3, -0.25) is 14.4 Å². The smallest absolute Gasteiger partial charge is 0.321 e. The Morgan fingerprint density at radius 1 is 1.26 bits per heavy atom. The van der Waals surface area contributed by atoms with Crippen LogP contribution in [-0.2, 0) is 14.4 Å². The van der Waals surface area contributed by atoms with Crippen LogP contribution in [0.3, 0.4) is 0 Å². The maximum atomic E-state index is 14.1. The first kappa shape index (κ1) is 31.2. The molecule has 39 heavy (non-hydrogen) atoms. The number of allylic oxidation sites excluding steroid dienone is 4. The molecule has 2 saturated carbocycles. The van der Waals surface area contributed by atoms with E-state index in [-0.39, 0.29) is 52.1 Å². The summed E-state index contributed by atoms with van der Waals surface area (Å²) >= 11 is 0. The topological polar surface area (TPSA) is 87.0 Å². The van der Waals surface area contributed by atoms with E-state index in [2.05, 4.69) is 46.0 Å². The molecule has 0 aliphatic heterocycles. The maximum absolute atomic E-state index is 14.1. The third kappa shape index (κ3) is 5.91. The molecular formula is C32H46F2N2O3. The van der Waals surface area contributed by atoms with Crippen LogP contribution in [0.25, 0.3) is 0 Å². The van der Waals surface area contributed by atoms with Gasteiger partial charge in [-0.2, -0.15) is 14.0 Å². The minimum Gasteiger partial charge on any atom is -0.345 e. The minimum absolute atomic E-state index is 0.00650. The molecule has 0 aromatic heterocycles. The molecule has 0 radical (unpaired) electrons. The molecule has 0 aromatic rings. The number of ketones is 2. The lowest BCUT2D eigenvalue weighted by Gasteiger charge is -2.59. The highest BCUT2D eigenvalue weighted by Gasteiger charge is 2.59. The Kier molecular flexibility index (Phi) is 8.71. The van der Waals surface area contributed by atoms with Gasteiger partial charge < -0.3 is 5.32 Å². The zero-order valence-corrected chi connectivity index (χ0v) is 24.9. The molecule has 7 atom stereocenters. The largest absolute Gasteiger partial charge is 0.345 e. The van der Waals surface area contributed by atoms with Gasteiger partial charge in [0.1, 0.15) is 6.07 Å². The van der Waals surface area contributed by atoms with E-state index < -0.39 is 22.8 Å². The fourth-order valence-electron chi connectivity index (χ4n) is 7.86. The van der Waals surface area contributed by atoms with Gasteiger partial charge in [0.2, 0.25) is 0 Å². The van der Waals surface area contributed by atoms with Crippen molar-refractivity contribution in [3.05, 3.63) is 23.3 Å². The summed E-state index contributed by atoms with van der Waals surface area (Å²) in [6, 6.07) is 2.06. The number of hydrogen-bond donors (Lipinski definition) is 1. The number of fused-ring (bicyclic) bond motifs is 3. The maximum Gasteiger partial charge on any atom is 0.321 e. The molecule has 216 valence electrons. The summed E-state index contributed by atoms with van der Waals surface area (Å²) in [7, 11) is 0. The van der Waals surface area contributed by atoms with E-state index in [4.69, 9.17) is 0 Å². The number of rotatable bonds is 8. The Hall–Kier alpha value is -2.36. The van der Waals surface area contributed by atoms with Crippen LogP contribution in [0, 0.1) is 51.8 Å². The van der Waals surface area contributed by atoms with Crippen molar-refractivity contribution in [1.82, 2.24) is 5.32 Å². The van der Waals surface area contributed by atoms with Crippen LogP contribution in [0.15, 0.2) is 23.3 Å². The molecule has 1 N–H and O–H groups in total. The summed E-state index contributed by atoms with van der Waals surface area (Å²) in [4.78, 5) is 38.9. The van der Waals surface area contributed by atoms with Crippen molar-refractivity contribution in [2.75, 3.05) is 0 Å². The zero-order chi connectivity index (χ0) is 29.6. The summed E-state index contributed by atoms with van der Waals surface area (Å²) in [5.74, 6) is -5.61. The van der Waals surface area contributed by atoms with Gasteiger partial charge in [0.25, 0.3) is 5.91 Å². The van der Waals surface area contributed by atoms with Gasteiger partial charge in [0.05, 0.1) is 5.57 Å². The van der Waals surface area contributed by atoms with Crippen LogP contribution in [0.5, 0.6) is 0 Å². The first-order chi connectivity index (χ1) is 17.9. The van der Waals surface area contributed by atoms with Crippen molar-refractivity contribution < 1.29 is 23.2 Å². The van der Waals surface area contributed by atoms with Crippen LogP contribution in [-0.4, -0.2) is 28.9 Å². The molecule has 3 rings (SSSR count). The molecular weight excluding hydrogens is 498 g/mol. The Bertz CT molecular complexity index is 1110. The predicted molar refractivity (Wildman–Crippen MR) is 148 cm³/mol. The molecule has 0 heterocycles. The van der Waals surface area contributed by atoms with E-state index in [0.29, 0.717) is 32.6 Å². The van der Waals surface area contributed by atoms with Gasteiger partial charge in [0, 0.05) is 23.8 Å². The van der Waals surface area contributed by atoms with Crippen LogP contribution in [0.2, 0.25) is 0 Å². The van der Waals surface area contributed by atoms with Crippen molar-refractivity contribution in [2.24, 2.45) is 40.4 Å². The Morgan fingerprint density at radius 2 is 1.90 bits per heavy atom. The van der Waals surface area contributed by atoms with E-state index in [9.17, 15) is 28.4 Å². The van der Waals surface area contributed by atoms with Gasteiger partial charge in [-0.15, -0.1) is 0 Å². The fraction of sp³-hybridized carbons (Fsp3) is 0.750. The number of carbonyl (C=O) groups is 3. The SMILES string of the molecule is CCCC(C)C(C)(/C=C(/C#N)C(C)=O)C1=CC(=O)C2C(CCC3(NC(=O)C(C)(F)F)CCC(C)(C)CC23)C1C. The quantitative estimate of drug-likeness (QED) is 0.264. The lowest BCUT2D eigenvalue weighted by Crippen LogP contribution is -2.66. The molecule has 3 aliphatic carbocycles. The van der Waals surface area contributed by atoms with E-state index >= 15 is 0 Å². The van der Waals surface area contributed by atoms with Crippen molar-refractivity contribution in [2.45, 2.75) is 112 Å². The number of halogens is 2. The molecule has 0 spiro atoms. The summed E-state index contributed by atoms with van der Waals surface area (Å²) in [6.07, 6.45) is 8.54. The van der Waals surface area contributed by atoms with Crippen molar-refractivity contribution in [3.63, 3.8) is 0 Å². The second kappa shape index (κ2) is 10.9. The van der Waals surface area contributed by atoms with Crippen LogP contribution in [0.1, 0.15) is 100 Å². The van der Waals surface area contributed by atoms with Gasteiger partial charge in [0.15, 0.2) is 11.6 Å². The number of alkyl halides is 2. The molecule has 7 unspecified atom stereocenters. The van der Waals surface area contributed by atoms with Crippen LogP contribution < -0.4 is 5.32 Å². The Morgan fingerprint density at radius 3 is 2.44 bits per heavy atom. The number of amides is 1. The number of nitrogens with one attached hydrogen (secondary N) is 1. The average molecular weight is 545 g/mol. The van der Waals surface area contributed by atoms with Gasteiger partial charge >= 0.3 is 5.92 Å². The molecule has 2 fully saturated rings.